The molecule has 0 aliphatic rings. The molecule has 0 atom stereocenters. The van der Waals surface area contributed by atoms with E-state index in [2.05, 4.69) is 26.8 Å². The number of rotatable bonds is 6. The van der Waals surface area contributed by atoms with E-state index >= 15 is 0 Å². The van der Waals surface area contributed by atoms with Gasteiger partial charge >= 0.3 is 0 Å². The minimum Gasteiger partial charge on any atom is -0.131 e. The molecule has 0 aliphatic carbocycles. The summed E-state index contributed by atoms with van der Waals surface area (Å²) in [6.45, 7) is 6.68. The first-order valence-corrected chi connectivity index (χ1v) is 5.59. The molecular formula is C10H20S. The average molecular weight is 172 g/mol. The fraction of sp³-hybridized carbons (Fsp3) is 0.800. The second-order valence-electron chi connectivity index (χ2n) is 2.81. The van der Waals surface area contributed by atoms with E-state index in [1.807, 2.05) is 11.8 Å². The summed E-state index contributed by atoms with van der Waals surface area (Å²) in [5.74, 6) is 1.29. The van der Waals surface area contributed by atoms with Crippen LogP contribution in [0.15, 0.2) is 11.0 Å². The summed E-state index contributed by atoms with van der Waals surface area (Å²) in [5.41, 5.74) is 0. The fourth-order valence-electron chi connectivity index (χ4n) is 0.784. The zero-order valence-electron chi connectivity index (χ0n) is 8.02. The van der Waals surface area contributed by atoms with Crippen molar-refractivity contribution in [1.82, 2.24) is 0 Å². The SMILES string of the molecule is CCCC=C(C)SCCCC. The Kier molecular flexibility index (Phi) is 8.26. The molecule has 11 heavy (non-hydrogen) atoms. The highest BCUT2D eigenvalue weighted by molar-refractivity contribution is 8.03. The van der Waals surface area contributed by atoms with E-state index in [9.17, 15) is 0 Å². The molecule has 0 fully saturated rings. The van der Waals surface area contributed by atoms with Gasteiger partial charge in [-0.2, -0.15) is 0 Å². The maximum Gasteiger partial charge on any atom is -0.00236 e. The van der Waals surface area contributed by atoms with Crippen LogP contribution in [0, 0.1) is 0 Å². The number of hydrogen-bond donors (Lipinski definition) is 0. The van der Waals surface area contributed by atoms with Crippen LogP contribution in [0.5, 0.6) is 0 Å². The number of hydrogen-bond acceptors (Lipinski definition) is 1. The smallest absolute Gasteiger partial charge is 0.00236 e. The Balaban J connectivity index is 3.27. The molecule has 0 saturated carbocycles. The molecule has 1 heteroatoms. The van der Waals surface area contributed by atoms with Crippen molar-refractivity contribution in [3.8, 4) is 0 Å². The Morgan fingerprint density at radius 3 is 2.55 bits per heavy atom. The summed E-state index contributed by atoms with van der Waals surface area (Å²) in [5, 5.41) is 0. The molecule has 0 amide bonds. The Bertz CT molecular complexity index is 105. The number of allylic oxidation sites excluding steroid dienone is 2. The third kappa shape index (κ3) is 7.99. The van der Waals surface area contributed by atoms with Gasteiger partial charge in [-0.1, -0.05) is 32.8 Å². The highest BCUT2D eigenvalue weighted by Gasteiger charge is 1.89. The first-order chi connectivity index (χ1) is 5.31. The van der Waals surface area contributed by atoms with Crippen LogP contribution in [0.4, 0.5) is 0 Å². The molecule has 0 unspecified atom stereocenters. The maximum atomic E-state index is 2.35. The Morgan fingerprint density at radius 2 is 2.00 bits per heavy atom. The Morgan fingerprint density at radius 1 is 1.27 bits per heavy atom. The van der Waals surface area contributed by atoms with Gasteiger partial charge in [-0.15, -0.1) is 11.8 Å². The summed E-state index contributed by atoms with van der Waals surface area (Å²) in [6.07, 6.45) is 7.52. The molecule has 0 rings (SSSR count). The normalized spacial score (nSPS) is 12.1. The quantitative estimate of drug-likeness (QED) is 0.540. The molecular weight excluding hydrogens is 152 g/mol. The molecule has 0 nitrogen and oxygen atoms in total. The van der Waals surface area contributed by atoms with Crippen molar-refractivity contribution in [2.24, 2.45) is 0 Å². The largest absolute Gasteiger partial charge is 0.131 e. The van der Waals surface area contributed by atoms with Crippen molar-refractivity contribution >= 4 is 11.8 Å². The van der Waals surface area contributed by atoms with Gasteiger partial charge in [-0.3, -0.25) is 0 Å². The molecule has 66 valence electrons. The third-order valence-electron chi connectivity index (χ3n) is 1.55. The van der Waals surface area contributed by atoms with E-state index in [0.29, 0.717) is 0 Å². The van der Waals surface area contributed by atoms with Gasteiger partial charge in [-0.05, 0) is 30.4 Å². The van der Waals surface area contributed by atoms with Crippen molar-refractivity contribution in [3.63, 3.8) is 0 Å². The third-order valence-corrected chi connectivity index (χ3v) is 2.66. The summed E-state index contributed by atoms with van der Waals surface area (Å²) in [4.78, 5) is 1.50. The lowest BCUT2D eigenvalue weighted by atomic mass is 10.3. The van der Waals surface area contributed by atoms with Crippen molar-refractivity contribution < 1.29 is 0 Å². The lowest BCUT2D eigenvalue weighted by molar-refractivity contribution is 0.897. The summed E-state index contributed by atoms with van der Waals surface area (Å²) < 4.78 is 0. The topological polar surface area (TPSA) is 0 Å². The van der Waals surface area contributed by atoms with E-state index in [-0.39, 0.29) is 0 Å². The Labute approximate surface area is 75.5 Å². The van der Waals surface area contributed by atoms with Gasteiger partial charge in [0.15, 0.2) is 0 Å². The molecule has 0 aromatic rings. The number of unbranched alkanes of at least 4 members (excludes halogenated alkanes) is 2. The Hall–Kier alpha value is 0.0900. The lowest BCUT2D eigenvalue weighted by Gasteiger charge is -1.98. The van der Waals surface area contributed by atoms with Crippen molar-refractivity contribution in [2.45, 2.75) is 46.5 Å². The molecule has 0 bridgehead atoms. The highest BCUT2D eigenvalue weighted by Crippen LogP contribution is 2.17. The van der Waals surface area contributed by atoms with E-state index in [1.165, 1.54) is 36.3 Å². The molecule has 0 aromatic carbocycles. The molecule has 0 spiro atoms. The van der Waals surface area contributed by atoms with Gasteiger partial charge in [0.25, 0.3) is 0 Å². The average Bonchev–Trinajstić information content (AvgIpc) is 2.01. The summed E-state index contributed by atoms with van der Waals surface area (Å²) >= 11 is 2.00. The summed E-state index contributed by atoms with van der Waals surface area (Å²) in [6, 6.07) is 0. The van der Waals surface area contributed by atoms with Gasteiger partial charge in [0.2, 0.25) is 0 Å². The lowest BCUT2D eigenvalue weighted by Crippen LogP contribution is -1.77. The van der Waals surface area contributed by atoms with E-state index < -0.39 is 0 Å². The number of thioether (sulfide) groups is 1. The van der Waals surface area contributed by atoms with Gasteiger partial charge in [0, 0.05) is 0 Å². The van der Waals surface area contributed by atoms with Crippen molar-refractivity contribution in [3.05, 3.63) is 11.0 Å². The zero-order chi connectivity index (χ0) is 8.53. The van der Waals surface area contributed by atoms with Crippen molar-refractivity contribution in [1.29, 1.82) is 0 Å². The molecule has 0 N–H and O–H groups in total. The van der Waals surface area contributed by atoms with E-state index in [1.54, 1.807) is 0 Å². The fourth-order valence-corrected chi connectivity index (χ4v) is 1.77. The van der Waals surface area contributed by atoms with Crippen LogP contribution in [0.25, 0.3) is 0 Å². The predicted octanol–water partition coefficient (Wildman–Crippen LogP) is 4.22. The van der Waals surface area contributed by atoms with Gasteiger partial charge < -0.3 is 0 Å². The molecule has 0 aliphatic heterocycles. The zero-order valence-corrected chi connectivity index (χ0v) is 8.84. The highest BCUT2D eigenvalue weighted by atomic mass is 32.2. The summed E-state index contributed by atoms with van der Waals surface area (Å²) in [7, 11) is 0. The van der Waals surface area contributed by atoms with Crippen molar-refractivity contribution in [2.75, 3.05) is 5.75 Å². The monoisotopic (exact) mass is 172 g/mol. The van der Waals surface area contributed by atoms with Crippen LogP contribution in [-0.2, 0) is 0 Å². The van der Waals surface area contributed by atoms with Crippen LogP contribution in [0.1, 0.15) is 46.5 Å². The second-order valence-corrected chi connectivity index (χ2v) is 4.15. The minimum absolute atomic E-state index is 1.24. The molecule has 0 heterocycles. The van der Waals surface area contributed by atoms with Crippen LogP contribution in [-0.4, -0.2) is 5.75 Å². The van der Waals surface area contributed by atoms with E-state index in [4.69, 9.17) is 0 Å². The van der Waals surface area contributed by atoms with Gasteiger partial charge in [-0.25, -0.2) is 0 Å². The van der Waals surface area contributed by atoms with Gasteiger partial charge in [0.1, 0.15) is 0 Å². The first kappa shape index (κ1) is 11.1. The standard InChI is InChI=1S/C10H20S/c1-4-6-8-10(3)11-9-7-5-2/h8H,4-7,9H2,1-3H3. The van der Waals surface area contributed by atoms with Crippen LogP contribution >= 0.6 is 11.8 Å². The van der Waals surface area contributed by atoms with Crippen LogP contribution in [0.2, 0.25) is 0 Å². The van der Waals surface area contributed by atoms with Gasteiger partial charge in [0.05, 0.1) is 0 Å². The molecule has 0 radical (unpaired) electrons. The van der Waals surface area contributed by atoms with Crippen LogP contribution < -0.4 is 0 Å². The molecule has 0 saturated heterocycles. The van der Waals surface area contributed by atoms with Crippen LogP contribution in [0.3, 0.4) is 0 Å². The van der Waals surface area contributed by atoms with E-state index in [0.717, 1.165) is 0 Å². The first-order valence-electron chi connectivity index (χ1n) is 4.60. The predicted molar refractivity (Wildman–Crippen MR) is 56.0 cm³/mol. The maximum absolute atomic E-state index is 2.35. The minimum atomic E-state index is 1.24. The second kappa shape index (κ2) is 8.19. The molecule has 0 aromatic heterocycles.